The van der Waals surface area contributed by atoms with E-state index in [-0.39, 0.29) is 5.91 Å². The van der Waals surface area contributed by atoms with Gasteiger partial charge in [-0.05, 0) is 50.4 Å². The van der Waals surface area contributed by atoms with E-state index in [4.69, 9.17) is 0 Å². The zero-order valence-corrected chi connectivity index (χ0v) is 11.1. The Bertz CT molecular complexity index is 369. The Balaban J connectivity index is 1.72. The highest BCUT2D eigenvalue weighted by Crippen LogP contribution is 2.17. The van der Waals surface area contributed by atoms with Crippen LogP contribution in [0.3, 0.4) is 0 Å². The summed E-state index contributed by atoms with van der Waals surface area (Å²) in [5, 5.41) is 6.35. The molecular weight excluding hydrogens is 232 g/mol. The van der Waals surface area contributed by atoms with Gasteiger partial charge in [0.15, 0.2) is 0 Å². The van der Waals surface area contributed by atoms with Gasteiger partial charge in [-0.3, -0.25) is 4.79 Å². The highest BCUT2D eigenvalue weighted by atomic mass is 32.1. The van der Waals surface area contributed by atoms with Crippen LogP contribution >= 0.6 is 11.3 Å². The Labute approximate surface area is 107 Å². The van der Waals surface area contributed by atoms with Crippen molar-refractivity contribution < 1.29 is 4.79 Å². The average Bonchev–Trinajstić information content (AvgIpc) is 2.99. The molecule has 1 amide bonds. The van der Waals surface area contributed by atoms with E-state index in [0.717, 1.165) is 43.3 Å². The Hall–Kier alpha value is -0.870. The SMILES string of the molecule is CCc1ccc(C(=O)NCCC2CCNC2)s1. The molecule has 2 rings (SSSR count). The fourth-order valence-corrected chi connectivity index (χ4v) is 2.99. The first kappa shape index (κ1) is 12.6. The lowest BCUT2D eigenvalue weighted by Crippen LogP contribution is -2.25. The molecule has 0 bridgehead atoms. The van der Waals surface area contributed by atoms with Gasteiger partial charge < -0.3 is 10.6 Å². The van der Waals surface area contributed by atoms with Crippen molar-refractivity contribution in [3.8, 4) is 0 Å². The zero-order valence-electron chi connectivity index (χ0n) is 10.3. The van der Waals surface area contributed by atoms with Crippen LogP contribution in [0.4, 0.5) is 0 Å². The Morgan fingerprint density at radius 3 is 3.12 bits per heavy atom. The van der Waals surface area contributed by atoms with Gasteiger partial charge in [0.25, 0.3) is 5.91 Å². The quantitative estimate of drug-likeness (QED) is 0.842. The summed E-state index contributed by atoms with van der Waals surface area (Å²) in [5.74, 6) is 0.825. The van der Waals surface area contributed by atoms with Crippen LogP contribution in [0.25, 0.3) is 0 Å². The molecule has 0 aromatic carbocycles. The molecule has 1 aliphatic rings. The summed E-state index contributed by atoms with van der Waals surface area (Å²) in [6.45, 7) is 5.14. The molecule has 0 aliphatic carbocycles. The summed E-state index contributed by atoms with van der Waals surface area (Å²) in [6.07, 6.45) is 3.34. The number of thiophene rings is 1. The summed E-state index contributed by atoms with van der Waals surface area (Å²) >= 11 is 1.60. The van der Waals surface area contributed by atoms with E-state index >= 15 is 0 Å². The molecule has 2 N–H and O–H groups in total. The van der Waals surface area contributed by atoms with E-state index in [1.54, 1.807) is 11.3 Å². The lowest BCUT2D eigenvalue weighted by molar-refractivity contribution is 0.0955. The van der Waals surface area contributed by atoms with Gasteiger partial charge in [-0.1, -0.05) is 6.92 Å². The van der Waals surface area contributed by atoms with Crippen molar-refractivity contribution in [2.24, 2.45) is 5.92 Å². The number of amides is 1. The van der Waals surface area contributed by atoms with Crippen molar-refractivity contribution in [1.82, 2.24) is 10.6 Å². The van der Waals surface area contributed by atoms with Crippen molar-refractivity contribution in [2.75, 3.05) is 19.6 Å². The maximum absolute atomic E-state index is 11.8. The third-order valence-electron chi connectivity index (χ3n) is 3.23. The molecular formula is C13H20N2OS. The first-order valence-corrected chi connectivity index (χ1v) is 7.19. The normalized spacial score (nSPS) is 19.5. The molecule has 94 valence electrons. The number of nitrogens with one attached hydrogen (secondary N) is 2. The van der Waals surface area contributed by atoms with Gasteiger partial charge in [0.05, 0.1) is 4.88 Å². The highest BCUT2D eigenvalue weighted by Gasteiger charge is 2.14. The third-order valence-corrected chi connectivity index (χ3v) is 4.46. The topological polar surface area (TPSA) is 41.1 Å². The van der Waals surface area contributed by atoms with E-state index in [1.807, 2.05) is 12.1 Å². The van der Waals surface area contributed by atoms with Gasteiger partial charge in [-0.25, -0.2) is 0 Å². The molecule has 3 nitrogen and oxygen atoms in total. The van der Waals surface area contributed by atoms with Crippen LogP contribution < -0.4 is 10.6 Å². The second-order valence-corrected chi connectivity index (χ2v) is 5.69. The van der Waals surface area contributed by atoms with Crippen molar-refractivity contribution >= 4 is 17.2 Å². The molecule has 0 saturated carbocycles. The summed E-state index contributed by atoms with van der Waals surface area (Å²) in [4.78, 5) is 13.9. The van der Waals surface area contributed by atoms with Crippen LogP contribution in [0.15, 0.2) is 12.1 Å². The molecule has 1 unspecified atom stereocenters. The van der Waals surface area contributed by atoms with Crippen LogP contribution in [0.5, 0.6) is 0 Å². The largest absolute Gasteiger partial charge is 0.351 e. The Morgan fingerprint density at radius 2 is 2.47 bits per heavy atom. The van der Waals surface area contributed by atoms with Crippen LogP contribution in [0, 0.1) is 5.92 Å². The molecule has 1 fully saturated rings. The number of carbonyl (C=O) groups excluding carboxylic acids is 1. The molecule has 2 heterocycles. The number of hydrogen-bond acceptors (Lipinski definition) is 3. The molecule has 0 radical (unpaired) electrons. The van der Waals surface area contributed by atoms with Gasteiger partial charge in [0.2, 0.25) is 0 Å². The maximum Gasteiger partial charge on any atom is 0.261 e. The number of aryl methyl sites for hydroxylation is 1. The van der Waals surface area contributed by atoms with E-state index in [1.165, 1.54) is 11.3 Å². The van der Waals surface area contributed by atoms with Gasteiger partial charge >= 0.3 is 0 Å². The summed E-state index contributed by atoms with van der Waals surface area (Å²) in [7, 11) is 0. The fourth-order valence-electron chi connectivity index (χ4n) is 2.13. The van der Waals surface area contributed by atoms with Crippen LogP contribution in [-0.4, -0.2) is 25.5 Å². The second-order valence-electron chi connectivity index (χ2n) is 4.52. The molecule has 0 spiro atoms. The first-order chi connectivity index (χ1) is 8.29. The van der Waals surface area contributed by atoms with Crippen molar-refractivity contribution in [3.63, 3.8) is 0 Å². The average molecular weight is 252 g/mol. The lowest BCUT2D eigenvalue weighted by atomic mass is 10.1. The minimum Gasteiger partial charge on any atom is -0.351 e. The number of rotatable bonds is 5. The molecule has 1 aromatic rings. The molecule has 1 atom stereocenters. The number of hydrogen-bond donors (Lipinski definition) is 2. The van der Waals surface area contributed by atoms with Crippen molar-refractivity contribution in [2.45, 2.75) is 26.2 Å². The third kappa shape index (κ3) is 3.54. The standard InChI is InChI=1S/C13H20N2OS/c1-2-11-3-4-12(17-11)13(16)15-8-6-10-5-7-14-9-10/h3-4,10,14H,2,5-9H2,1H3,(H,15,16). The number of carbonyl (C=O) groups is 1. The lowest BCUT2D eigenvalue weighted by Gasteiger charge is -2.08. The zero-order chi connectivity index (χ0) is 12.1. The van der Waals surface area contributed by atoms with E-state index in [9.17, 15) is 4.79 Å². The van der Waals surface area contributed by atoms with Gasteiger partial charge in [0, 0.05) is 11.4 Å². The summed E-state index contributed by atoms with van der Waals surface area (Å²) in [6, 6.07) is 3.97. The predicted octanol–water partition coefficient (Wildman–Crippen LogP) is 2.04. The van der Waals surface area contributed by atoms with Gasteiger partial charge in [-0.15, -0.1) is 11.3 Å². The summed E-state index contributed by atoms with van der Waals surface area (Å²) < 4.78 is 0. The highest BCUT2D eigenvalue weighted by molar-refractivity contribution is 7.14. The second kappa shape index (κ2) is 6.17. The van der Waals surface area contributed by atoms with E-state index in [0.29, 0.717) is 0 Å². The van der Waals surface area contributed by atoms with E-state index in [2.05, 4.69) is 17.6 Å². The fraction of sp³-hybridized carbons (Fsp3) is 0.615. The Morgan fingerprint density at radius 1 is 1.59 bits per heavy atom. The minimum absolute atomic E-state index is 0.0839. The smallest absolute Gasteiger partial charge is 0.261 e. The summed E-state index contributed by atoms with van der Waals surface area (Å²) in [5.41, 5.74) is 0. The maximum atomic E-state index is 11.8. The molecule has 4 heteroatoms. The van der Waals surface area contributed by atoms with Crippen molar-refractivity contribution in [3.05, 3.63) is 21.9 Å². The monoisotopic (exact) mass is 252 g/mol. The van der Waals surface area contributed by atoms with Crippen LogP contribution in [0.2, 0.25) is 0 Å². The molecule has 17 heavy (non-hydrogen) atoms. The molecule has 1 aromatic heterocycles. The minimum atomic E-state index is 0.0839. The van der Waals surface area contributed by atoms with Crippen LogP contribution in [0.1, 0.15) is 34.3 Å². The molecule has 1 aliphatic heterocycles. The van der Waals surface area contributed by atoms with Crippen LogP contribution in [-0.2, 0) is 6.42 Å². The van der Waals surface area contributed by atoms with E-state index < -0.39 is 0 Å². The predicted molar refractivity (Wildman–Crippen MR) is 71.6 cm³/mol. The van der Waals surface area contributed by atoms with Gasteiger partial charge in [0.1, 0.15) is 0 Å². The van der Waals surface area contributed by atoms with Crippen molar-refractivity contribution in [1.29, 1.82) is 0 Å². The Kier molecular flexibility index (Phi) is 4.57. The molecule has 1 saturated heterocycles. The van der Waals surface area contributed by atoms with Gasteiger partial charge in [-0.2, -0.15) is 0 Å². The first-order valence-electron chi connectivity index (χ1n) is 6.37.